The minimum absolute atomic E-state index is 0.0364. The molecule has 5 nitrogen and oxygen atoms in total. The van der Waals surface area contributed by atoms with Crippen molar-refractivity contribution in [1.82, 2.24) is 4.90 Å². The molecule has 21 heavy (non-hydrogen) atoms. The quantitative estimate of drug-likeness (QED) is 0.848. The van der Waals surface area contributed by atoms with Crippen molar-refractivity contribution in [3.63, 3.8) is 0 Å². The van der Waals surface area contributed by atoms with E-state index < -0.39 is 5.97 Å². The third kappa shape index (κ3) is 4.61. The van der Waals surface area contributed by atoms with E-state index in [1.165, 1.54) is 0 Å². The molecule has 1 aromatic rings. The number of rotatable bonds is 6. The minimum Gasteiger partial charge on any atom is -0.490 e. The average Bonchev–Trinajstić information content (AvgIpc) is 2.63. The number of ether oxygens (including phenoxy) is 2. The lowest BCUT2D eigenvalue weighted by Gasteiger charge is -2.21. The number of halogens is 1. The molecule has 1 aromatic carbocycles. The van der Waals surface area contributed by atoms with Crippen LogP contribution in [0.25, 0.3) is 0 Å². The van der Waals surface area contributed by atoms with Crippen LogP contribution in [0.15, 0.2) is 16.6 Å². The molecule has 2 rings (SSSR count). The molecule has 0 atom stereocenters. The van der Waals surface area contributed by atoms with Crippen molar-refractivity contribution in [3.8, 4) is 11.5 Å². The first-order chi connectivity index (χ1) is 10.1. The van der Waals surface area contributed by atoms with Crippen LogP contribution in [-0.2, 0) is 11.3 Å². The van der Waals surface area contributed by atoms with Gasteiger partial charge in [-0.1, -0.05) is 22.9 Å². The molecule has 0 unspecified atom stereocenters. The Morgan fingerprint density at radius 3 is 2.62 bits per heavy atom. The lowest BCUT2D eigenvalue weighted by Crippen LogP contribution is -2.30. The Morgan fingerprint density at radius 1 is 1.33 bits per heavy atom. The van der Waals surface area contributed by atoms with Crippen molar-refractivity contribution in [1.29, 1.82) is 0 Å². The molecule has 1 aliphatic rings. The van der Waals surface area contributed by atoms with E-state index in [9.17, 15) is 4.79 Å². The fraction of sp³-hybridized carbons (Fsp3) is 0.533. The van der Waals surface area contributed by atoms with Crippen molar-refractivity contribution < 1.29 is 19.4 Å². The predicted molar refractivity (Wildman–Crippen MR) is 83.0 cm³/mol. The van der Waals surface area contributed by atoms with Gasteiger partial charge in [0.05, 0.1) is 19.8 Å². The maximum Gasteiger partial charge on any atom is 0.317 e. The van der Waals surface area contributed by atoms with Gasteiger partial charge in [0.15, 0.2) is 11.5 Å². The van der Waals surface area contributed by atoms with Gasteiger partial charge in [-0.05, 0) is 30.7 Å². The largest absolute Gasteiger partial charge is 0.490 e. The molecule has 0 saturated heterocycles. The highest BCUT2D eigenvalue weighted by molar-refractivity contribution is 9.10. The molecule has 1 aliphatic heterocycles. The molecule has 0 radical (unpaired) electrons. The smallest absolute Gasteiger partial charge is 0.317 e. The molecule has 0 bridgehead atoms. The van der Waals surface area contributed by atoms with E-state index in [1.807, 2.05) is 24.0 Å². The number of nitrogens with zero attached hydrogens (tertiary/aromatic N) is 1. The number of aliphatic carboxylic acids is 1. The molecule has 0 saturated carbocycles. The van der Waals surface area contributed by atoms with Gasteiger partial charge in [-0.2, -0.15) is 0 Å². The molecule has 116 valence electrons. The number of carboxylic acid groups (broad SMARTS) is 1. The van der Waals surface area contributed by atoms with Crippen LogP contribution in [0.4, 0.5) is 0 Å². The van der Waals surface area contributed by atoms with Gasteiger partial charge in [-0.3, -0.25) is 9.69 Å². The van der Waals surface area contributed by atoms with Gasteiger partial charge < -0.3 is 14.6 Å². The van der Waals surface area contributed by atoms with Crippen molar-refractivity contribution >= 4 is 21.9 Å². The highest BCUT2D eigenvalue weighted by Crippen LogP contribution is 2.35. The zero-order chi connectivity index (χ0) is 15.2. The molecule has 0 spiro atoms. The molecule has 0 aromatic heterocycles. The van der Waals surface area contributed by atoms with Crippen molar-refractivity contribution in [2.75, 3.05) is 26.3 Å². The van der Waals surface area contributed by atoms with Gasteiger partial charge in [-0.25, -0.2) is 0 Å². The zero-order valence-electron chi connectivity index (χ0n) is 12.1. The summed E-state index contributed by atoms with van der Waals surface area (Å²) in [6.45, 7) is 4.68. The summed E-state index contributed by atoms with van der Waals surface area (Å²) in [7, 11) is 0. The summed E-state index contributed by atoms with van der Waals surface area (Å²) in [5, 5.41) is 8.99. The summed E-state index contributed by atoms with van der Waals surface area (Å²) in [6, 6.07) is 3.84. The Kier molecular flexibility index (Phi) is 5.87. The number of hydrogen-bond acceptors (Lipinski definition) is 4. The number of hydrogen-bond donors (Lipinski definition) is 1. The third-order valence-corrected chi connectivity index (χ3v) is 3.95. The topological polar surface area (TPSA) is 59.0 Å². The van der Waals surface area contributed by atoms with Crippen molar-refractivity contribution in [2.24, 2.45) is 0 Å². The van der Waals surface area contributed by atoms with Crippen LogP contribution in [0, 0.1) is 0 Å². The summed E-state index contributed by atoms with van der Waals surface area (Å²) < 4.78 is 12.2. The van der Waals surface area contributed by atoms with Crippen LogP contribution < -0.4 is 9.47 Å². The number of fused-ring (bicyclic) bond motifs is 1. The first kappa shape index (κ1) is 16.1. The van der Waals surface area contributed by atoms with Gasteiger partial charge >= 0.3 is 5.97 Å². The fourth-order valence-electron chi connectivity index (χ4n) is 2.31. The van der Waals surface area contributed by atoms with Crippen LogP contribution in [0.2, 0.25) is 0 Å². The summed E-state index contributed by atoms with van der Waals surface area (Å²) in [6.07, 6.45) is 1.78. The van der Waals surface area contributed by atoms with Crippen LogP contribution in [0.1, 0.15) is 25.3 Å². The first-order valence-electron chi connectivity index (χ1n) is 7.12. The van der Waals surface area contributed by atoms with Gasteiger partial charge in [0.2, 0.25) is 0 Å². The second kappa shape index (κ2) is 7.66. The van der Waals surface area contributed by atoms with E-state index in [1.54, 1.807) is 0 Å². The lowest BCUT2D eigenvalue weighted by molar-refractivity contribution is -0.138. The second-order valence-corrected chi connectivity index (χ2v) is 5.90. The zero-order valence-corrected chi connectivity index (χ0v) is 13.7. The normalized spacial score (nSPS) is 14.0. The van der Waals surface area contributed by atoms with Crippen molar-refractivity contribution in [3.05, 3.63) is 22.2 Å². The highest BCUT2D eigenvalue weighted by Gasteiger charge is 2.16. The lowest BCUT2D eigenvalue weighted by atomic mass is 10.2. The maximum absolute atomic E-state index is 10.9. The van der Waals surface area contributed by atoms with Gasteiger partial charge in [0.25, 0.3) is 0 Å². The Bertz CT molecular complexity index is 507. The standard InChI is InChI=1S/C15H20BrNO4/c1-2-4-17(10-15(18)19)9-11-7-13-14(8-12(11)16)21-6-3-5-20-13/h7-8H,2-6,9-10H2,1H3,(H,18,19). The molecule has 1 N–H and O–H groups in total. The predicted octanol–water partition coefficient (Wildman–Crippen LogP) is 2.91. The molecule has 6 heteroatoms. The second-order valence-electron chi connectivity index (χ2n) is 5.05. The van der Waals surface area contributed by atoms with Gasteiger partial charge in [0.1, 0.15) is 0 Å². The summed E-state index contributed by atoms with van der Waals surface area (Å²) in [5.41, 5.74) is 1.01. The van der Waals surface area contributed by atoms with E-state index >= 15 is 0 Å². The van der Waals surface area contributed by atoms with E-state index in [2.05, 4.69) is 15.9 Å². The van der Waals surface area contributed by atoms with Crippen LogP contribution >= 0.6 is 15.9 Å². The van der Waals surface area contributed by atoms with E-state index in [0.29, 0.717) is 19.8 Å². The third-order valence-electron chi connectivity index (χ3n) is 3.21. The highest BCUT2D eigenvalue weighted by atomic mass is 79.9. The minimum atomic E-state index is -0.811. The molecule has 0 aliphatic carbocycles. The summed E-state index contributed by atoms with van der Waals surface area (Å²) in [4.78, 5) is 12.8. The molecule has 0 fully saturated rings. The number of carboxylic acids is 1. The Morgan fingerprint density at radius 2 is 2.00 bits per heavy atom. The number of benzene rings is 1. The average molecular weight is 358 g/mol. The molecule has 1 heterocycles. The Balaban J connectivity index is 2.18. The molecule has 0 amide bonds. The SMILES string of the molecule is CCCN(CC(=O)O)Cc1cc2c(cc1Br)OCCCO2. The summed E-state index contributed by atoms with van der Waals surface area (Å²) in [5.74, 6) is 0.662. The van der Waals surface area contributed by atoms with E-state index in [0.717, 1.165) is 40.9 Å². The Labute approximate surface area is 133 Å². The molecular weight excluding hydrogens is 338 g/mol. The van der Waals surface area contributed by atoms with E-state index in [-0.39, 0.29) is 6.54 Å². The van der Waals surface area contributed by atoms with E-state index in [4.69, 9.17) is 14.6 Å². The molecular formula is C15H20BrNO4. The number of carbonyl (C=O) groups is 1. The van der Waals surface area contributed by atoms with Crippen molar-refractivity contribution in [2.45, 2.75) is 26.3 Å². The monoisotopic (exact) mass is 357 g/mol. The fourth-order valence-corrected chi connectivity index (χ4v) is 2.76. The summed E-state index contributed by atoms with van der Waals surface area (Å²) >= 11 is 3.54. The van der Waals surface area contributed by atoms with Gasteiger partial charge in [0, 0.05) is 17.4 Å². The van der Waals surface area contributed by atoms with Crippen LogP contribution in [-0.4, -0.2) is 42.3 Å². The van der Waals surface area contributed by atoms with Crippen LogP contribution in [0.3, 0.4) is 0 Å². The van der Waals surface area contributed by atoms with Crippen LogP contribution in [0.5, 0.6) is 11.5 Å². The maximum atomic E-state index is 10.9. The Hall–Kier alpha value is -1.27. The first-order valence-corrected chi connectivity index (χ1v) is 7.91. The van der Waals surface area contributed by atoms with Gasteiger partial charge in [-0.15, -0.1) is 0 Å².